The van der Waals surface area contributed by atoms with Crippen LogP contribution in [0, 0.1) is 0 Å². The lowest BCUT2D eigenvalue weighted by Gasteiger charge is -2.48. The summed E-state index contributed by atoms with van der Waals surface area (Å²) in [6.07, 6.45) is 0. The van der Waals surface area contributed by atoms with Crippen molar-refractivity contribution in [2.24, 2.45) is 0 Å². The van der Waals surface area contributed by atoms with Crippen LogP contribution >= 0.6 is 0 Å². The van der Waals surface area contributed by atoms with Crippen molar-refractivity contribution in [3.05, 3.63) is 428 Å². The third-order valence-corrected chi connectivity index (χ3v) is 26.1. The van der Waals surface area contributed by atoms with E-state index >= 15 is 0 Å². The lowest BCUT2D eigenvalue weighted by molar-refractivity contribution is 0.591. The van der Waals surface area contributed by atoms with Crippen molar-refractivity contribution in [2.45, 2.75) is 31.6 Å². The van der Waals surface area contributed by atoms with Gasteiger partial charge < -0.3 is 24.2 Å². The van der Waals surface area contributed by atoms with Gasteiger partial charge in [-0.3, -0.25) is 0 Å². The molecule has 5 nitrogen and oxygen atoms in total. The first-order valence-corrected chi connectivity index (χ1v) is 40.8. The average molecular weight is 1510 g/mol. The largest absolute Gasteiger partial charge is 0.311 e. The Morgan fingerprint density at radius 3 is 1.27 bits per heavy atom. The lowest BCUT2D eigenvalue weighted by atomic mass is 9.30. The van der Waals surface area contributed by atoms with Crippen LogP contribution in [0.15, 0.2) is 400 Å². The molecule has 1 aromatic heterocycles. The Bertz CT molecular complexity index is 7780. The first-order valence-electron chi connectivity index (χ1n) is 44.8. The monoisotopic (exact) mass is 1510 g/mol. The number of anilines is 12. The van der Waals surface area contributed by atoms with Gasteiger partial charge in [0.1, 0.15) is 0 Å². The summed E-state index contributed by atoms with van der Waals surface area (Å²) >= 11 is 0. The molecule has 550 valence electrons. The number of hydrogen-bond acceptors (Lipinski definition) is 4. The normalized spacial score (nSPS) is 14.8. The number of aromatic nitrogens is 1. The minimum Gasteiger partial charge on any atom is -0.311 e. The molecule has 6 aliphatic rings. The van der Waals surface area contributed by atoms with Crippen LogP contribution in [0.25, 0.3) is 93.9 Å². The fourth-order valence-electron chi connectivity index (χ4n) is 21.3. The molecule has 1 spiro atoms. The molecule has 25 rings (SSSR count). The number of hydrogen-bond donors (Lipinski definition) is 0. The highest BCUT2D eigenvalue weighted by Gasteiger charge is 2.54. The predicted molar refractivity (Wildman–Crippen MR) is 498 cm³/mol. The van der Waals surface area contributed by atoms with E-state index in [9.17, 15) is 11.0 Å². The van der Waals surface area contributed by atoms with Gasteiger partial charge in [-0.25, -0.2) is 0 Å². The average Bonchev–Trinajstić information content (AvgIpc) is 0.952. The summed E-state index contributed by atoms with van der Waals surface area (Å²) in [5, 5.41) is 2.16. The van der Waals surface area contributed by atoms with Gasteiger partial charge in [-0.2, -0.15) is 0 Å². The summed E-state index contributed by atoms with van der Waals surface area (Å²) in [7, 11) is 0. The molecule has 0 atom stereocenters. The van der Waals surface area contributed by atoms with Gasteiger partial charge in [-0.1, -0.05) is 318 Å². The molecule has 0 fully saturated rings. The van der Waals surface area contributed by atoms with Crippen molar-refractivity contribution in [1.82, 2.24) is 4.57 Å². The highest BCUT2D eigenvalue weighted by molar-refractivity contribution is 7.03. The lowest BCUT2D eigenvalue weighted by Crippen LogP contribution is -2.65. The summed E-state index contributed by atoms with van der Waals surface area (Å²) in [4.78, 5) is 9.87. The van der Waals surface area contributed by atoms with Gasteiger partial charge in [0.05, 0.1) is 44.5 Å². The molecule has 0 amide bonds. The van der Waals surface area contributed by atoms with E-state index in [0.29, 0.717) is 5.69 Å². The van der Waals surface area contributed by atoms with Crippen molar-refractivity contribution in [1.29, 1.82) is 0 Å². The summed E-state index contributed by atoms with van der Waals surface area (Å²) in [5.41, 5.74) is 34.5. The molecule has 18 aromatic carbocycles. The van der Waals surface area contributed by atoms with Gasteiger partial charge in [-0.05, 0) is 219 Å². The Labute approximate surface area is 698 Å². The molecular weight excluding hydrogens is 1420 g/mol. The van der Waals surface area contributed by atoms with E-state index in [2.05, 4.69) is 374 Å². The Balaban J connectivity index is 0.835. The fraction of sp³-hybridized carbons (Fsp3) is 0.0450. The van der Waals surface area contributed by atoms with Gasteiger partial charge in [0.25, 0.3) is 13.4 Å². The second-order valence-electron chi connectivity index (χ2n) is 33.1. The molecule has 0 saturated heterocycles. The third kappa shape index (κ3) is 9.30. The zero-order chi connectivity index (χ0) is 84.8. The van der Waals surface area contributed by atoms with E-state index in [0.717, 1.165) is 140 Å². The molecule has 0 saturated carbocycles. The van der Waals surface area contributed by atoms with E-state index < -0.39 is 48.4 Å². The molecule has 2 aliphatic carbocycles. The first kappa shape index (κ1) is 59.1. The number of benzene rings is 18. The molecule has 118 heavy (non-hydrogen) atoms. The van der Waals surface area contributed by atoms with Crippen molar-refractivity contribution in [3.63, 3.8) is 0 Å². The molecule has 19 aromatic rings. The number of rotatable bonds is 8. The molecule has 4 aliphatic heterocycles. The molecule has 0 N–H and O–H groups in total. The third-order valence-electron chi connectivity index (χ3n) is 26.1. The van der Waals surface area contributed by atoms with Crippen LogP contribution in [-0.2, 0) is 10.8 Å². The maximum atomic E-state index is 10.1. The predicted octanol–water partition coefficient (Wildman–Crippen LogP) is 24.7. The Kier molecular flexibility index (Phi) is 12.6. The SMILES string of the molecule is [2H]c1c([2H])c([2H])c2c(c1[2H])c1c([2H])c([2H])c([2H])c([2H])c1n2-c1cc2c3c(c1)N(c1c(-c4ccccc4)cc(C(C)(C)C)cc1-c1ccccc1)c1cc4c(cc1B3c1ccccc1N2c1ccccc1)B1c2ccccc2N(c2ccccc2)c2c1c(cc1cc(-c3cccc5c3C3(c6ccccc6-c6ccccc63)c3ccccc3-5)ccc21)N4c1ccccc1. The van der Waals surface area contributed by atoms with Gasteiger partial charge in [-0.15, -0.1) is 0 Å². The highest BCUT2D eigenvalue weighted by atomic mass is 15.2. The first-order chi connectivity index (χ1) is 61.6. The second kappa shape index (κ2) is 25.2. The number of para-hydroxylation sites is 7. The van der Waals surface area contributed by atoms with E-state index in [-0.39, 0.29) is 46.0 Å². The maximum absolute atomic E-state index is 10.1. The van der Waals surface area contributed by atoms with E-state index in [1.54, 1.807) is 4.57 Å². The summed E-state index contributed by atoms with van der Waals surface area (Å²) in [6, 6.07) is 126. The van der Waals surface area contributed by atoms with Crippen LogP contribution in [0.5, 0.6) is 0 Å². The quantitative estimate of drug-likeness (QED) is 0.141. The van der Waals surface area contributed by atoms with Gasteiger partial charge >= 0.3 is 0 Å². The Morgan fingerprint density at radius 1 is 0.280 bits per heavy atom. The number of fused-ring (bicyclic) bond motifs is 23. The van der Waals surface area contributed by atoms with Crippen LogP contribution in [0.2, 0.25) is 0 Å². The van der Waals surface area contributed by atoms with E-state index in [1.807, 2.05) is 18.2 Å². The van der Waals surface area contributed by atoms with Crippen LogP contribution < -0.4 is 52.4 Å². The van der Waals surface area contributed by atoms with Crippen LogP contribution in [-0.4, -0.2) is 18.0 Å². The van der Waals surface area contributed by atoms with Gasteiger partial charge in [0, 0.05) is 84.2 Å². The summed E-state index contributed by atoms with van der Waals surface area (Å²) in [5.74, 6) is 0. The van der Waals surface area contributed by atoms with Crippen molar-refractivity contribution < 1.29 is 11.0 Å². The van der Waals surface area contributed by atoms with Crippen LogP contribution in [0.4, 0.5) is 68.2 Å². The molecule has 7 heteroatoms. The molecule has 5 heterocycles. The second-order valence-corrected chi connectivity index (χ2v) is 33.1. The van der Waals surface area contributed by atoms with E-state index in [1.165, 1.54) is 55.5 Å². The standard InChI is InChI=1S/C111H75B2N5/c1-110(2,3)74-64-87(70-34-9-4-10-35-70)108(88(65-74)71-36-11-5-12-37-71)118-101-69-100-94(68-95(101)112-92-54-27-31-58-98(92)114(75-38-13-6-14-39-75)103-66-78(67-104(118)106(103)112)116-96-56-29-22-47-84(96)85-48-23-30-57-97(85)116)113-93-55-28-32-59-99(93)117(77-42-17-8-18-43-77)109-80-61-60-72(62-73(80)63-102(107(109)113)115(100)76-40-15-7-16-41-76)79-49-33-50-86-83-46-21-26-53-91(83)111(105(79)86)89-51-24-19-44-81(89)82-45-20-25-52-90(82)111/h4-69H,1-3H3/i22D,23D,29D,30D,47D,48D,56D,57D. The molecule has 0 radical (unpaired) electrons. The van der Waals surface area contributed by atoms with Crippen LogP contribution in [0.1, 0.15) is 59.6 Å². The molecular formula is C111H75B2N5. The molecule has 0 bridgehead atoms. The maximum Gasteiger partial charge on any atom is 0.252 e. The highest BCUT2D eigenvalue weighted by Crippen LogP contribution is 2.65. The van der Waals surface area contributed by atoms with Crippen molar-refractivity contribution >= 4 is 147 Å². The summed E-state index contributed by atoms with van der Waals surface area (Å²) in [6.45, 7) is 5.93. The Morgan fingerprint density at radius 2 is 0.712 bits per heavy atom. The minimum atomic E-state index is -0.615. The van der Waals surface area contributed by atoms with Crippen LogP contribution in [0.3, 0.4) is 0 Å². The van der Waals surface area contributed by atoms with Gasteiger partial charge in [0.15, 0.2) is 0 Å². The Hall–Kier alpha value is -14.7. The minimum absolute atomic E-state index is 0.00391. The zero-order valence-electron chi connectivity index (χ0n) is 72.9. The van der Waals surface area contributed by atoms with E-state index in [4.69, 9.17) is 0 Å². The topological polar surface area (TPSA) is 17.9 Å². The molecule has 0 unspecified atom stereocenters. The summed E-state index contributed by atoms with van der Waals surface area (Å²) < 4.78 is 79.2. The smallest absolute Gasteiger partial charge is 0.252 e. The fourth-order valence-corrected chi connectivity index (χ4v) is 21.3. The van der Waals surface area contributed by atoms with Crippen molar-refractivity contribution in [2.75, 3.05) is 19.6 Å². The van der Waals surface area contributed by atoms with Gasteiger partial charge in [0.2, 0.25) is 0 Å². The zero-order valence-corrected chi connectivity index (χ0v) is 64.9. The number of nitrogens with zero attached hydrogens (tertiary/aromatic N) is 5. The van der Waals surface area contributed by atoms with Crippen molar-refractivity contribution in [3.8, 4) is 61.3 Å².